The van der Waals surface area contributed by atoms with Gasteiger partial charge in [0.25, 0.3) is 0 Å². The minimum atomic E-state index is 0.0141. The Labute approximate surface area is 122 Å². The van der Waals surface area contributed by atoms with E-state index in [1.807, 2.05) is 6.92 Å². The average Bonchev–Trinajstić information content (AvgIpc) is 2.89. The molecule has 0 saturated carbocycles. The zero-order valence-corrected chi connectivity index (χ0v) is 13.3. The molecule has 1 unspecified atom stereocenters. The van der Waals surface area contributed by atoms with E-state index in [9.17, 15) is 4.79 Å². The van der Waals surface area contributed by atoms with Gasteiger partial charge in [0.15, 0.2) is 5.96 Å². The van der Waals surface area contributed by atoms with Gasteiger partial charge in [-0.15, -0.1) is 0 Å². The quantitative estimate of drug-likeness (QED) is 0.531. The second-order valence-corrected chi connectivity index (χ2v) is 5.41. The van der Waals surface area contributed by atoms with E-state index in [0.717, 1.165) is 32.1 Å². The number of hydrogen-bond donors (Lipinski definition) is 2. The molecule has 116 valence electrons. The van der Waals surface area contributed by atoms with Crippen LogP contribution in [0.4, 0.5) is 0 Å². The summed E-state index contributed by atoms with van der Waals surface area (Å²) in [4.78, 5) is 19.9. The third-order valence-corrected chi connectivity index (χ3v) is 3.59. The van der Waals surface area contributed by atoms with Crippen molar-refractivity contribution in [3.63, 3.8) is 0 Å². The number of aliphatic imine (C=N–C) groups is 1. The molecule has 0 aromatic carbocycles. The molecule has 1 saturated heterocycles. The molecule has 0 aromatic rings. The van der Waals surface area contributed by atoms with Crippen LogP contribution >= 0.6 is 0 Å². The first-order chi connectivity index (χ1) is 9.56. The Morgan fingerprint density at radius 3 is 2.65 bits per heavy atom. The summed E-state index contributed by atoms with van der Waals surface area (Å²) < 4.78 is 0. The molecule has 20 heavy (non-hydrogen) atoms. The van der Waals surface area contributed by atoms with Crippen molar-refractivity contribution in [3.05, 3.63) is 0 Å². The van der Waals surface area contributed by atoms with Crippen molar-refractivity contribution >= 4 is 11.9 Å². The Morgan fingerprint density at radius 1 is 1.35 bits per heavy atom. The van der Waals surface area contributed by atoms with Gasteiger partial charge in [0.2, 0.25) is 5.91 Å². The maximum absolute atomic E-state index is 11.6. The molecule has 1 heterocycles. The highest BCUT2D eigenvalue weighted by atomic mass is 16.2. The first-order valence-electron chi connectivity index (χ1n) is 7.51. The van der Waals surface area contributed by atoms with Crippen molar-refractivity contribution in [2.24, 2.45) is 10.9 Å². The van der Waals surface area contributed by atoms with E-state index in [2.05, 4.69) is 27.4 Å². The lowest BCUT2D eigenvalue weighted by Gasteiger charge is -2.16. The second-order valence-electron chi connectivity index (χ2n) is 5.41. The number of likely N-dealkylation sites (tertiary alicyclic amines) is 1. The van der Waals surface area contributed by atoms with Crippen molar-refractivity contribution in [3.8, 4) is 0 Å². The maximum Gasteiger partial charge on any atom is 0.243 e. The van der Waals surface area contributed by atoms with Crippen LogP contribution in [0.15, 0.2) is 4.99 Å². The fourth-order valence-electron chi connectivity index (χ4n) is 2.24. The zero-order chi connectivity index (χ0) is 15.0. The van der Waals surface area contributed by atoms with Gasteiger partial charge in [0.1, 0.15) is 6.54 Å². The van der Waals surface area contributed by atoms with E-state index >= 15 is 0 Å². The number of hydrogen-bond acceptors (Lipinski definition) is 3. The van der Waals surface area contributed by atoms with Gasteiger partial charge >= 0.3 is 0 Å². The van der Waals surface area contributed by atoms with Crippen LogP contribution in [0.25, 0.3) is 0 Å². The number of nitrogens with zero attached hydrogens (tertiary/aromatic N) is 3. The van der Waals surface area contributed by atoms with Crippen LogP contribution in [-0.4, -0.2) is 75.0 Å². The third-order valence-electron chi connectivity index (χ3n) is 3.59. The number of rotatable bonds is 6. The van der Waals surface area contributed by atoms with Crippen LogP contribution in [0.5, 0.6) is 0 Å². The molecule has 1 atom stereocenters. The summed E-state index contributed by atoms with van der Waals surface area (Å²) in [6.45, 7) is 9.60. The van der Waals surface area contributed by atoms with E-state index in [1.54, 1.807) is 19.0 Å². The van der Waals surface area contributed by atoms with Gasteiger partial charge < -0.3 is 20.4 Å². The normalized spacial score (nSPS) is 20.0. The van der Waals surface area contributed by atoms with Crippen LogP contribution in [0.1, 0.15) is 20.3 Å². The van der Waals surface area contributed by atoms with Crippen molar-refractivity contribution in [1.82, 2.24) is 20.4 Å². The molecule has 1 aliphatic rings. The third kappa shape index (κ3) is 5.77. The molecule has 0 spiro atoms. The first-order valence-corrected chi connectivity index (χ1v) is 7.51. The van der Waals surface area contributed by atoms with Crippen LogP contribution in [-0.2, 0) is 4.79 Å². The molecule has 1 rings (SSSR count). The van der Waals surface area contributed by atoms with Gasteiger partial charge in [-0.25, -0.2) is 4.99 Å². The Morgan fingerprint density at radius 2 is 2.10 bits per heavy atom. The largest absolute Gasteiger partial charge is 0.357 e. The minimum Gasteiger partial charge on any atom is -0.357 e. The molecule has 1 amide bonds. The van der Waals surface area contributed by atoms with Gasteiger partial charge in [0, 0.05) is 33.7 Å². The molecule has 6 heteroatoms. The summed E-state index contributed by atoms with van der Waals surface area (Å²) in [6, 6.07) is 0. The van der Waals surface area contributed by atoms with E-state index in [1.165, 1.54) is 13.0 Å². The topological polar surface area (TPSA) is 60.0 Å². The molecule has 0 bridgehead atoms. The van der Waals surface area contributed by atoms with Gasteiger partial charge in [-0.1, -0.05) is 6.92 Å². The number of carbonyl (C=O) groups excluding carboxylic acids is 1. The lowest BCUT2D eigenvalue weighted by Crippen LogP contribution is -2.41. The van der Waals surface area contributed by atoms with Crippen molar-refractivity contribution < 1.29 is 4.79 Å². The number of likely N-dealkylation sites (N-methyl/N-ethyl adjacent to an activating group) is 1. The Kier molecular flexibility index (Phi) is 7.36. The summed E-state index contributed by atoms with van der Waals surface area (Å²) in [6.07, 6.45) is 1.23. The fourth-order valence-corrected chi connectivity index (χ4v) is 2.24. The minimum absolute atomic E-state index is 0.0141. The Balaban J connectivity index is 2.38. The number of amides is 1. The van der Waals surface area contributed by atoms with E-state index in [0.29, 0.717) is 5.92 Å². The van der Waals surface area contributed by atoms with Crippen molar-refractivity contribution in [2.75, 3.05) is 53.4 Å². The monoisotopic (exact) mass is 283 g/mol. The summed E-state index contributed by atoms with van der Waals surface area (Å²) in [5, 5.41) is 6.52. The Bertz CT molecular complexity index is 330. The van der Waals surface area contributed by atoms with Crippen molar-refractivity contribution in [2.45, 2.75) is 20.3 Å². The van der Waals surface area contributed by atoms with E-state index in [4.69, 9.17) is 0 Å². The molecule has 0 aliphatic carbocycles. The highest BCUT2D eigenvalue weighted by Crippen LogP contribution is 2.14. The molecule has 0 aromatic heterocycles. The number of carbonyl (C=O) groups is 1. The summed E-state index contributed by atoms with van der Waals surface area (Å²) in [5.74, 6) is 1.42. The molecular weight excluding hydrogens is 254 g/mol. The maximum atomic E-state index is 11.6. The average molecular weight is 283 g/mol. The van der Waals surface area contributed by atoms with E-state index < -0.39 is 0 Å². The smallest absolute Gasteiger partial charge is 0.243 e. The summed E-state index contributed by atoms with van der Waals surface area (Å²) >= 11 is 0. The summed E-state index contributed by atoms with van der Waals surface area (Å²) in [5.41, 5.74) is 0. The SMILES string of the molecule is CCNC(=NCC(=O)N(C)C)NCC1CCN(CC)C1. The number of guanidine groups is 1. The van der Waals surface area contributed by atoms with Crippen LogP contribution in [0.2, 0.25) is 0 Å². The van der Waals surface area contributed by atoms with Gasteiger partial charge in [-0.2, -0.15) is 0 Å². The lowest BCUT2D eigenvalue weighted by molar-refractivity contribution is -0.127. The van der Waals surface area contributed by atoms with Gasteiger partial charge in [-0.3, -0.25) is 4.79 Å². The molecule has 6 nitrogen and oxygen atoms in total. The Hall–Kier alpha value is -1.30. The first kappa shape index (κ1) is 16.8. The van der Waals surface area contributed by atoms with E-state index in [-0.39, 0.29) is 12.5 Å². The molecule has 2 N–H and O–H groups in total. The van der Waals surface area contributed by atoms with Crippen molar-refractivity contribution in [1.29, 1.82) is 0 Å². The summed E-state index contributed by atoms with van der Waals surface area (Å²) in [7, 11) is 3.49. The highest BCUT2D eigenvalue weighted by molar-refractivity contribution is 5.84. The van der Waals surface area contributed by atoms with Gasteiger partial charge in [0.05, 0.1) is 0 Å². The molecular formula is C14H29N5O. The van der Waals surface area contributed by atoms with Crippen LogP contribution < -0.4 is 10.6 Å². The lowest BCUT2D eigenvalue weighted by atomic mass is 10.1. The van der Waals surface area contributed by atoms with Gasteiger partial charge in [-0.05, 0) is 32.4 Å². The standard InChI is InChI=1S/C14H29N5O/c1-5-15-14(17-10-13(20)18(3)4)16-9-12-7-8-19(6-2)11-12/h12H,5-11H2,1-4H3,(H2,15,16,17). The fraction of sp³-hybridized carbons (Fsp3) is 0.857. The molecule has 1 fully saturated rings. The molecule has 1 aliphatic heterocycles. The van der Waals surface area contributed by atoms with Crippen LogP contribution in [0.3, 0.4) is 0 Å². The predicted molar refractivity (Wildman–Crippen MR) is 82.9 cm³/mol. The second kappa shape index (κ2) is 8.79. The van der Waals surface area contributed by atoms with Crippen LogP contribution in [0, 0.1) is 5.92 Å². The zero-order valence-electron chi connectivity index (χ0n) is 13.3. The molecule has 0 radical (unpaired) electrons. The highest BCUT2D eigenvalue weighted by Gasteiger charge is 2.20. The number of nitrogens with one attached hydrogen (secondary N) is 2. The predicted octanol–water partition coefficient (Wildman–Crippen LogP) is -0.0285.